The molecule has 3 aromatic carbocycles. The lowest BCUT2D eigenvalue weighted by atomic mass is 10.1. The maximum Gasteiger partial charge on any atom is 0.282 e. The number of nitrogens with zero attached hydrogens (tertiary/aromatic N) is 1. The van der Waals surface area contributed by atoms with Gasteiger partial charge in [-0.15, -0.1) is 0 Å². The molecule has 1 saturated heterocycles. The van der Waals surface area contributed by atoms with E-state index in [2.05, 4.69) is 5.43 Å². The summed E-state index contributed by atoms with van der Waals surface area (Å²) < 4.78 is 24.9. The summed E-state index contributed by atoms with van der Waals surface area (Å²) in [6.45, 7) is 2.24. The molecule has 2 amide bonds. The molecule has 0 saturated carbocycles. The molecule has 1 aliphatic rings. The van der Waals surface area contributed by atoms with Gasteiger partial charge in [-0.1, -0.05) is 41.9 Å². The first kappa shape index (κ1) is 22.4. The number of ether oxygens (including phenoxy) is 2. The largest absolute Gasteiger partial charge is 0.490 e. The van der Waals surface area contributed by atoms with Gasteiger partial charge in [-0.2, -0.15) is 0 Å². The minimum atomic E-state index is -0.524. The second-order valence-corrected chi connectivity index (χ2v) is 7.56. The molecule has 0 atom stereocenters. The maximum atomic E-state index is 13.4. The van der Waals surface area contributed by atoms with Gasteiger partial charge in [-0.25, -0.2) is 9.40 Å². The lowest BCUT2D eigenvalue weighted by Crippen LogP contribution is -2.35. The maximum absolute atomic E-state index is 13.4. The quantitative estimate of drug-likeness (QED) is 0.396. The van der Waals surface area contributed by atoms with Gasteiger partial charge in [0.05, 0.1) is 17.3 Å². The summed E-state index contributed by atoms with van der Waals surface area (Å²) in [4.78, 5) is 25.3. The van der Waals surface area contributed by atoms with E-state index in [0.717, 1.165) is 0 Å². The number of benzene rings is 3. The minimum Gasteiger partial charge on any atom is -0.490 e. The standard InChI is InChI=1S/C25H20ClFN2O4/c1-2-32-22-14-17(13-21(26)23(22)33-15-16-7-6-8-18(27)11-16)12-20-24(30)28-29(25(20)31)19-9-4-3-5-10-19/h3-14H,2,15H2,1H3,(H,28,30). The van der Waals surface area contributed by atoms with Crippen molar-refractivity contribution in [1.29, 1.82) is 0 Å². The molecule has 33 heavy (non-hydrogen) atoms. The Labute approximate surface area is 195 Å². The molecule has 1 aliphatic heterocycles. The summed E-state index contributed by atoms with van der Waals surface area (Å²) in [5.74, 6) is -0.730. The van der Waals surface area contributed by atoms with E-state index in [1.807, 2.05) is 6.07 Å². The number of rotatable bonds is 7. The van der Waals surface area contributed by atoms with Crippen molar-refractivity contribution in [2.45, 2.75) is 13.5 Å². The number of halogens is 2. The van der Waals surface area contributed by atoms with E-state index in [4.69, 9.17) is 21.1 Å². The molecule has 6 nitrogen and oxygen atoms in total. The molecule has 0 aromatic heterocycles. The van der Waals surface area contributed by atoms with Crippen LogP contribution in [0.2, 0.25) is 5.02 Å². The molecule has 0 unspecified atom stereocenters. The molecule has 1 fully saturated rings. The summed E-state index contributed by atoms with van der Waals surface area (Å²) >= 11 is 6.45. The Hall–Kier alpha value is -3.84. The average Bonchev–Trinajstić information content (AvgIpc) is 3.08. The van der Waals surface area contributed by atoms with E-state index in [1.165, 1.54) is 23.2 Å². The van der Waals surface area contributed by atoms with Gasteiger partial charge >= 0.3 is 0 Å². The summed E-state index contributed by atoms with van der Waals surface area (Å²) in [6, 6.07) is 18.1. The zero-order chi connectivity index (χ0) is 23.4. The minimum absolute atomic E-state index is 0.0363. The van der Waals surface area contributed by atoms with Crippen molar-refractivity contribution in [3.63, 3.8) is 0 Å². The average molecular weight is 467 g/mol. The van der Waals surface area contributed by atoms with Crippen LogP contribution in [0.25, 0.3) is 6.08 Å². The lowest BCUT2D eigenvalue weighted by Gasteiger charge is -2.15. The van der Waals surface area contributed by atoms with Gasteiger partial charge in [-0.05, 0) is 60.5 Å². The molecule has 1 N–H and O–H groups in total. The van der Waals surface area contributed by atoms with Crippen molar-refractivity contribution < 1.29 is 23.5 Å². The van der Waals surface area contributed by atoms with Crippen molar-refractivity contribution in [2.24, 2.45) is 0 Å². The smallest absolute Gasteiger partial charge is 0.282 e. The third-order valence-corrected chi connectivity index (χ3v) is 5.10. The summed E-state index contributed by atoms with van der Waals surface area (Å²) in [5, 5.41) is 1.42. The molecular weight excluding hydrogens is 447 g/mol. The Kier molecular flexibility index (Phi) is 6.60. The number of hydrogen-bond acceptors (Lipinski definition) is 4. The molecule has 1 heterocycles. The van der Waals surface area contributed by atoms with Gasteiger partial charge in [0, 0.05) is 0 Å². The van der Waals surface area contributed by atoms with Crippen molar-refractivity contribution >= 4 is 35.2 Å². The van der Waals surface area contributed by atoms with Crippen LogP contribution in [0.3, 0.4) is 0 Å². The number of carbonyl (C=O) groups excluding carboxylic acids is 2. The summed E-state index contributed by atoms with van der Waals surface area (Å²) in [5.41, 5.74) is 4.20. The highest BCUT2D eigenvalue weighted by atomic mass is 35.5. The van der Waals surface area contributed by atoms with Crippen molar-refractivity contribution in [1.82, 2.24) is 5.43 Å². The number of hydrogen-bond donors (Lipinski definition) is 1. The fourth-order valence-electron chi connectivity index (χ4n) is 3.34. The highest BCUT2D eigenvalue weighted by molar-refractivity contribution is 6.33. The molecule has 168 valence electrons. The first-order valence-corrected chi connectivity index (χ1v) is 10.6. The highest BCUT2D eigenvalue weighted by Crippen LogP contribution is 2.38. The van der Waals surface area contributed by atoms with Crippen LogP contribution in [-0.4, -0.2) is 18.4 Å². The summed E-state index contributed by atoms with van der Waals surface area (Å²) in [6.07, 6.45) is 1.45. The number of carbonyl (C=O) groups is 2. The SMILES string of the molecule is CCOc1cc(C=C2C(=O)NN(c3ccccc3)C2=O)cc(Cl)c1OCc1cccc(F)c1. The predicted octanol–water partition coefficient (Wildman–Crippen LogP) is 4.92. The van der Waals surface area contributed by atoms with E-state index < -0.39 is 11.8 Å². The zero-order valence-corrected chi connectivity index (χ0v) is 18.4. The second kappa shape index (κ2) is 9.75. The zero-order valence-electron chi connectivity index (χ0n) is 17.7. The van der Waals surface area contributed by atoms with Crippen LogP contribution in [-0.2, 0) is 16.2 Å². The van der Waals surface area contributed by atoms with Crippen LogP contribution < -0.4 is 19.9 Å². The number of anilines is 1. The molecule has 0 aliphatic carbocycles. The van der Waals surface area contributed by atoms with Gasteiger partial charge < -0.3 is 9.47 Å². The van der Waals surface area contributed by atoms with E-state index in [9.17, 15) is 14.0 Å². The van der Waals surface area contributed by atoms with Crippen LogP contribution in [0.1, 0.15) is 18.1 Å². The summed E-state index contributed by atoms with van der Waals surface area (Å²) in [7, 11) is 0. The van der Waals surface area contributed by atoms with Crippen molar-refractivity contribution in [3.05, 3.63) is 94.3 Å². The fourth-order valence-corrected chi connectivity index (χ4v) is 3.61. The van der Waals surface area contributed by atoms with E-state index in [0.29, 0.717) is 29.2 Å². The van der Waals surface area contributed by atoms with Crippen molar-refractivity contribution in [3.8, 4) is 11.5 Å². The van der Waals surface area contributed by atoms with Gasteiger partial charge in [0.2, 0.25) is 0 Å². The first-order valence-electron chi connectivity index (χ1n) is 10.2. The number of para-hydroxylation sites is 1. The third kappa shape index (κ3) is 4.99. The van der Waals surface area contributed by atoms with Gasteiger partial charge in [0.25, 0.3) is 11.8 Å². The van der Waals surface area contributed by atoms with Crippen LogP contribution >= 0.6 is 11.6 Å². The molecule has 0 bridgehead atoms. The molecule has 0 radical (unpaired) electrons. The van der Waals surface area contributed by atoms with Crippen LogP contribution in [0.5, 0.6) is 11.5 Å². The molecular formula is C25H20ClFN2O4. The Balaban J connectivity index is 1.61. The molecule has 8 heteroatoms. The van der Waals surface area contributed by atoms with Gasteiger partial charge in [0.1, 0.15) is 18.0 Å². The monoisotopic (exact) mass is 466 g/mol. The van der Waals surface area contributed by atoms with Crippen molar-refractivity contribution in [2.75, 3.05) is 11.6 Å². The number of hydrazine groups is 1. The molecule has 3 aromatic rings. The Morgan fingerprint density at radius 1 is 1.03 bits per heavy atom. The first-order chi connectivity index (χ1) is 16.0. The fraction of sp³-hybridized carbons (Fsp3) is 0.120. The topological polar surface area (TPSA) is 67.9 Å². The highest BCUT2D eigenvalue weighted by Gasteiger charge is 2.34. The predicted molar refractivity (Wildman–Crippen MR) is 123 cm³/mol. The number of amides is 2. The van der Waals surface area contributed by atoms with Gasteiger partial charge in [0.15, 0.2) is 11.5 Å². The van der Waals surface area contributed by atoms with Crippen LogP contribution in [0.4, 0.5) is 10.1 Å². The normalized spacial score (nSPS) is 14.5. The van der Waals surface area contributed by atoms with Gasteiger partial charge in [-0.3, -0.25) is 15.0 Å². The Morgan fingerprint density at radius 2 is 1.82 bits per heavy atom. The van der Waals surface area contributed by atoms with E-state index in [1.54, 1.807) is 55.5 Å². The third-order valence-electron chi connectivity index (χ3n) is 4.82. The van der Waals surface area contributed by atoms with E-state index in [-0.39, 0.29) is 28.8 Å². The Bertz CT molecular complexity index is 1230. The van der Waals surface area contributed by atoms with Crippen LogP contribution in [0.15, 0.2) is 72.3 Å². The lowest BCUT2D eigenvalue weighted by molar-refractivity contribution is -0.117. The van der Waals surface area contributed by atoms with Crippen LogP contribution in [0, 0.1) is 5.82 Å². The molecule has 4 rings (SSSR count). The molecule has 0 spiro atoms. The Morgan fingerprint density at radius 3 is 2.55 bits per heavy atom. The second-order valence-electron chi connectivity index (χ2n) is 7.16. The number of nitrogens with one attached hydrogen (secondary N) is 1. The van der Waals surface area contributed by atoms with E-state index >= 15 is 0 Å².